The Morgan fingerprint density at radius 1 is 1.06 bits per heavy atom. The molecule has 1 N–H and O–H groups in total. The number of nitriles is 1. The van der Waals surface area contributed by atoms with E-state index < -0.39 is 0 Å². The van der Waals surface area contributed by atoms with Crippen LogP contribution in [0.25, 0.3) is 11.1 Å². The van der Waals surface area contributed by atoms with Gasteiger partial charge < -0.3 is 5.32 Å². The molecule has 4 rings (SSSR count). The van der Waals surface area contributed by atoms with Gasteiger partial charge in [-0.2, -0.15) is 5.26 Å². The van der Waals surface area contributed by atoms with Crippen LogP contribution in [0.1, 0.15) is 37.5 Å². The van der Waals surface area contributed by atoms with Gasteiger partial charge in [0.2, 0.25) is 0 Å². The maximum absolute atomic E-state index is 13.5. The first-order valence-corrected chi connectivity index (χ1v) is 12.4. The predicted octanol–water partition coefficient (Wildman–Crippen LogP) is 6.51. The molecule has 0 aliphatic carbocycles. The van der Waals surface area contributed by atoms with Gasteiger partial charge in [0.1, 0.15) is 11.1 Å². The highest BCUT2D eigenvalue weighted by atomic mass is 35.5. The molecule has 1 amide bonds. The van der Waals surface area contributed by atoms with E-state index in [-0.39, 0.29) is 28.6 Å². The largest absolute Gasteiger partial charge is 0.322 e. The first kappa shape index (κ1) is 25.1. The van der Waals surface area contributed by atoms with Gasteiger partial charge in [-0.15, -0.1) is 0 Å². The lowest BCUT2D eigenvalue weighted by Gasteiger charge is -2.17. The summed E-state index contributed by atoms with van der Waals surface area (Å²) < 4.78 is 0. The summed E-state index contributed by atoms with van der Waals surface area (Å²) in [6.45, 7) is 3.62. The number of nitrogens with one attached hydrogen (secondary N) is 1. The molecule has 0 saturated carbocycles. The molecule has 0 aliphatic rings. The van der Waals surface area contributed by atoms with Gasteiger partial charge in [0.05, 0.1) is 22.6 Å². The van der Waals surface area contributed by atoms with E-state index in [0.717, 1.165) is 17.3 Å². The lowest BCUT2D eigenvalue weighted by molar-refractivity contribution is 0.101. The van der Waals surface area contributed by atoms with Crippen molar-refractivity contribution in [3.63, 3.8) is 0 Å². The number of thioether (sulfide) groups is 1. The second-order valence-corrected chi connectivity index (χ2v) is 9.37. The molecule has 0 spiro atoms. The molecule has 0 fully saturated rings. The summed E-state index contributed by atoms with van der Waals surface area (Å²) >= 11 is 7.08. The van der Waals surface area contributed by atoms with E-state index >= 15 is 0 Å². The Kier molecular flexibility index (Phi) is 7.79. The summed E-state index contributed by atoms with van der Waals surface area (Å²) in [5, 5.41) is 14.0. The summed E-state index contributed by atoms with van der Waals surface area (Å²) in [4.78, 5) is 35.0. The quantitative estimate of drug-likeness (QED) is 0.224. The average Bonchev–Trinajstić information content (AvgIpc) is 2.89. The summed E-state index contributed by atoms with van der Waals surface area (Å²) in [5.41, 5.74) is 4.10. The SMILES string of the molecule is Cc1ccccc1NC(=O)c1c(C)nc(SCC(=O)c2ccc(Cl)cc2)c(C#N)c1-c1cccnc1. The van der Waals surface area contributed by atoms with Crippen molar-refractivity contribution in [3.05, 3.63) is 106 Å². The number of hydrogen-bond acceptors (Lipinski definition) is 6. The van der Waals surface area contributed by atoms with E-state index in [2.05, 4.69) is 21.4 Å². The molecule has 0 unspecified atom stereocenters. The predicted molar refractivity (Wildman–Crippen MR) is 143 cm³/mol. The fourth-order valence-corrected chi connectivity index (χ4v) is 4.77. The number of aromatic nitrogens is 2. The lowest BCUT2D eigenvalue weighted by atomic mass is 9.95. The number of anilines is 1. The van der Waals surface area contributed by atoms with Crippen LogP contribution in [0.2, 0.25) is 5.02 Å². The van der Waals surface area contributed by atoms with Crippen LogP contribution < -0.4 is 5.32 Å². The first-order chi connectivity index (χ1) is 17.4. The van der Waals surface area contributed by atoms with Crippen molar-refractivity contribution in [1.29, 1.82) is 5.26 Å². The van der Waals surface area contributed by atoms with Gasteiger partial charge in [-0.25, -0.2) is 4.98 Å². The Morgan fingerprint density at radius 3 is 2.47 bits per heavy atom. The average molecular weight is 513 g/mol. The Morgan fingerprint density at radius 2 is 1.81 bits per heavy atom. The minimum atomic E-state index is -0.376. The van der Waals surface area contributed by atoms with E-state index in [1.807, 2.05) is 31.2 Å². The van der Waals surface area contributed by atoms with Gasteiger partial charge in [-0.3, -0.25) is 14.6 Å². The zero-order valence-corrected chi connectivity index (χ0v) is 21.2. The van der Waals surface area contributed by atoms with Crippen molar-refractivity contribution in [2.45, 2.75) is 18.9 Å². The molecule has 4 aromatic rings. The smallest absolute Gasteiger partial charge is 0.258 e. The van der Waals surface area contributed by atoms with Crippen LogP contribution in [0, 0.1) is 25.2 Å². The molecule has 0 atom stereocenters. The number of carbonyl (C=O) groups is 2. The Labute approximate surface area is 218 Å². The molecular weight excluding hydrogens is 492 g/mol. The highest BCUT2D eigenvalue weighted by molar-refractivity contribution is 8.00. The number of pyridine rings is 2. The molecular formula is C28H21ClN4O2S. The minimum absolute atomic E-state index is 0.0734. The molecule has 2 aromatic heterocycles. The maximum atomic E-state index is 13.5. The highest BCUT2D eigenvalue weighted by Gasteiger charge is 2.25. The van der Waals surface area contributed by atoms with Crippen molar-refractivity contribution < 1.29 is 9.59 Å². The van der Waals surface area contributed by atoms with Crippen LogP contribution >= 0.6 is 23.4 Å². The molecule has 36 heavy (non-hydrogen) atoms. The summed E-state index contributed by atoms with van der Waals surface area (Å²) in [7, 11) is 0. The number of aryl methyl sites for hydroxylation is 2. The summed E-state index contributed by atoms with van der Waals surface area (Å²) in [6, 6.07) is 19.8. The number of nitrogens with zero attached hydrogens (tertiary/aromatic N) is 3. The monoisotopic (exact) mass is 512 g/mol. The van der Waals surface area contributed by atoms with E-state index in [4.69, 9.17) is 11.6 Å². The zero-order valence-electron chi connectivity index (χ0n) is 19.6. The maximum Gasteiger partial charge on any atom is 0.258 e. The number of halogens is 1. The lowest BCUT2D eigenvalue weighted by Crippen LogP contribution is -2.18. The third-order valence-corrected chi connectivity index (χ3v) is 6.76. The van der Waals surface area contributed by atoms with Gasteiger partial charge >= 0.3 is 0 Å². The fourth-order valence-electron chi connectivity index (χ4n) is 3.71. The van der Waals surface area contributed by atoms with Gasteiger partial charge in [0, 0.05) is 39.8 Å². The molecule has 0 bridgehead atoms. The molecule has 0 aliphatic heterocycles. The number of hydrogen-bond donors (Lipinski definition) is 1. The van der Waals surface area contributed by atoms with Crippen LogP contribution in [-0.2, 0) is 0 Å². The molecule has 2 aromatic carbocycles. The van der Waals surface area contributed by atoms with E-state index in [0.29, 0.717) is 38.1 Å². The van der Waals surface area contributed by atoms with Crippen LogP contribution in [0.5, 0.6) is 0 Å². The molecule has 0 saturated heterocycles. The van der Waals surface area contributed by atoms with Crippen LogP contribution in [-0.4, -0.2) is 27.4 Å². The number of rotatable bonds is 7. The highest BCUT2D eigenvalue weighted by Crippen LogP contribution is 2.35. The Hall–Kier alpha value is -3.99. The summed E-state index contributed by atoms with van der Waals surface area (Å²) in [6.07, 6.45) is 3.23. The molecule has 2 heterocycles. The standard InChI is InChI=1S/C28H21ClN4O2S/c1-17-6-3-4-8-23(17)33-27(35)25-18(2)32-28(22(14-30)26(25)20-7-5-13-31-15-20)36-16-24(34)19-9-11-21(29)12-10-19/h3-13,15H,16H2,1-2H3,(H,33,35). The van der Waals surface area contributed by atoms with Crippen LogP contribution in [0.15, 0.2) is 78.1 Å². The van der Waals surface area contributed by atoms with Gasteiger partial charge in [0.15, 0.2) is 5.78 Å². The second kappa shape index (κ2) is 11.2. The molecule has 178 valence electrons. The van der Waals surface area contributed by atoms with Crippen molar-refractivity contribution in [2.24, 2.45) is 0 Å². The van der Waals surface area contributed by atoms with E-state index in [1.165, 1.54) is 0 Å². The van der Waals surface area contributed by atoms with Crippen molar-refractivity contribution in [3.8, 4) is 17.2 Å². The van der Waals surface area contributed by atoms with Gasteiger partial charge in [0.25, 0.3) is 5.91 Å². The number of ketones is 1. The normalized spacial score (nSPS) is 10.5. The van der Waals surface area contributed by atoms with Gasteiger partial charge in [-0.1, -0.05) is 47.6 Å². The second-order valence-electron chi connectivity index (χ2n) is 7.97. The van der Waals surface area contributed by atoms with Crippen LogP contribution in [0.4, 0.5) is 5.69 Å². The number of carbonyl (C=O) groups excluding carboxylic acids is 2. The molecule has 0 radical (unpaired) electrons. The zero-order chi connectivity index (χ0) is 25.7. The number of Topliss-reactive ketones (excluding diaryl/α,β-unsaturated/α-hetero) is 1. The van der Waals surface area contributed by atoms with Crippen LogP contribution in [0.3, 0.4) is 0 Å². The van der Waals surface area contributed by atoms with Crippen molar-refractivity contribution >= 4 is 40.7 Å². The first-order valence-electron chi connectivity index (χ1n) is 11.0. The Balaban J connectivity index is 1.75. The van der Waals surface area contributed by atoms with Crippen molar-refractivity contribution in [2.75, 3.05) is 11.1 Å². The third-order valence-electron chi connectivity index (χ3n) is 5.53. The van der Waals surface area contributed by atoms with E-state index in [9.17, 15) is 14.9 Å². The Bertz CT molecular complexity index is 1480. The molecule has 6 nitrogen and oxygen atoms in total. The third kappa shape index (κ3) is 5.46. The number of amides is 1. The fraction of sp³-hybridized carbons (Fsp3) is 0.107. The van der Waals surface area contributed by atoms with Gasteiger partial charge in [-0.05, 0) is 55.8 Å². The van der Waals surface area contributed by atoms with E-state index in [1.54, 1.807) is 55.7 Å². The number of para-hydroxylation sites is 1. The number of benzene rings is 2. The minimum Gasteiger partial charge on any atom is -0.322 e. The summed E-state index contributed by atoms with van der Waals surface area (Å²) in [5.74, 6) is -0.424. The van der Waals surface area contributed by atoms with Crippen molar-refractivity contribution in [1.82, 2.24) is 9.97 Å². The molecule has 8 heteroatoms. The topological polar surface area (TPSA) is 95.7 Å².